The van der Waals surface area contributed by atoms with Gasteiger partial charge in [-0.15, -0.1) is 0 Å². The zero-order valence-corrected chi connectivity index (χ0v) is 12.6. The highest BCUT2D eigenvalue weighted by molar-refractivity contribution is 5.91. The standard InChI is InChI=1S/C16H22N2O3/c1-3-21-16(19)18-10-9-14(15(12-18)20-2)17-11-13-7-5-4-6-8-13/h4-8,15H,3,9-12H2,1-2H3. The molecule has 5 nitrogen and oxygen atoms in total. The minimum absolute atomic E-state index is 0.146. The molecule has 1 atom stereocenters. The van der Waals surface area contributed by atoms with E-state index in [1.54, 1.807) is 12.0 Å². The number of aliphatic imine (C=N–C) groups is 1. The number of carbonyl (C=O) groups is 1. The van der Waals surface area contributed by atoms with Gasteiger partial charge >= 0.3 is 6.09 Å². The number of ether oxygens (including phenoxy) is 2. The Balaban J connectivity index is 1.97. The molecular weight excluding hydrogens is 268 g/mol. The van der Waals surface area contributed by atoms with Crippen molar-refractivity contribution >= 4 is 11.8 Å². The molecule has 1 aromatic rings. The fourth-order valence-electron chi connectivity index (χ4n) is 2.36. The van der Waals surface area contributed by atoms with E-state index in [-0.39, 0.29) is 12.2 Å². The van der Waals surface area contributed by atoms with Crippen molar-refractivity contribution in [2.75, 3.05) is 26.8 Å². The van der Waals surface area contributed by atoms with E-state index in [1.807, 2.05) is 25.1 Å². The summed E-state index contributed by atoms with van der Waals surface area (Å²) in [5, 5.41) is 0. The van der Waals surface area contributed by atoms with Gasteiger partial charge in [-0.3, -0.25) is 4.99 Å². The average Bonchev–Trinajstić information content (AvgIpc) is 2.54. The summed E-state index contributed by atoms with van der Waals surface area (Å²) < 4.78 is 10.5. The lowest BCUT2D eigenvalue weighted by molar-refractivity contribution is 0.0689. The second-order valence-corrected chi connectivity index (χ2v) is 4.91. The lowest BCUT2D eigenvalue weighted by atomic mass is 10.1. The maximum Gasteiger partial charge on any atom is 0.409 e. The molecule has 0 aromatic heterocycles. The Hall–Kier alpha value is -1.88. The van der Waals surface area contributed by atoms with Gasteiger partial charge in [-0.25, -0.2) is 4.79 Å². The molecule has 1 unspecified atom stereocenters. The number of piperidine rings is 1. The van der Waals surface area contributed by atoms with Gasteiger partial charge in [0.15, 0.2) is 0 Å². The number of likely N-dealkylation sites (tertiary alicyclic amines) is 1. The van der Waals surface area contributed by atoms with Crippen LogP contribution in [0, 0.1) is 0 Å². The summed E-state index contributed by atoms with van der Waals surface area (Å²) in [5.41, 5.74) is 2.19. The quantitative estimate of drug-likeness (QED) is 0.856. The molecule has 5 heteroatoms. The molecule has 1 amide bonds. The van der Waals surface area contributed by atoms with Crippen LogP contribution in [0.15, 0.2) is 35.3 Å². The number of amides is 1. The SMILES string of the molecule is CCOC(=O)N1CCC(=NCc2ccccc2)C(OC)C1. The highest BCUT2D eigenvalue weighted by atomic mass is 16.6. The molecule has 1 fully saturated rings. The molecule has 0 spiro atoms. The number of hydrogen-bond donors (Lipinski definition) is 0. The van der Waals surface area contributed by atoms with Gasteiger partial charge in [0.1, 0.15) is 6.10 Å². The summed E-state index contributed by atoms with van der Waals surface area (Å²) in [6, 6.07) is 10.1. The van der Waals surface area contributed by atoms with Gasteiger partial charge in [0.05, 0.1) is 19.7 Å². The predicted octanol–water partition coefficient (Wildman–Crippen LogP) is 2.50. The maximum absolute atomic E-state index is 11.8. The Kier molecular flexibility index (Phi) is 5.75. The molecule has 0 aliphatic carbocycles. The van der Waals surface area contributed by atoms with Gasteiger partial charge in [0.25, 0.3) is 0 Å². The summed E-state index contributed by atoms with van der Waals surface area (Å²) in [5.74, 6) is 0. The van der Waals surface area contributed by atoms with Crippen LogP contribution in [0.3, 0.4) is 0 Å². The third kappa shape index (κ3) is 4.29. The first kappa shape index (κ1) is 15.5. The molecule has 1 saturated heterocycles. The topological polar surface area (TPSA) is 51.1 Å². The van der Waals surface area contributed by atoms with Gasteiger partial charge in [-0.05, 0) is 12.5 Å². The van der Waals surface area contributed by atoms with Crippen LogP contribution in [0.5, 0.6) is 0 Å². The Labute approximate surface area is 125 Å². The highest BCUT2D eigenvalue weighted by Crippen LogP contribution is 2.13. The molecule has 0 saturated carbocycles. The smallest absolute Gasteiger partial charge is 0.409 e. The van der Waals surface area contributed by atoms with E-state index < -0.39 is 0 Å². The average molecular weight is 290 g/mol. The van der Waals surface area contributed by atoms with Crippen molar-refractivity contribution < 1.29 is 14.3 Å². The van der Waals surface area contributed by atoms with E-state index in [2.05, 4.69) is 17.1 Å². The minimum atomic E-state index is -0.276. The normalized spacial score (nSPS) is 20.6. The zero-order chi connectivity index (χ0) is 15.1. The highest BCUT2D eigenvalue weighted by Gasteiger charge is 2.28. The van der Waals surface area contributed by atoms with Crippen LogP contribution in [0.25, 0.3) is 0 Å². The van der Waals surface area contributed by atoms with E-state index in [0.717, 1.165) is 12.1 Å². The first-order valence-corrected chi connectivity index (χ1v) is 7.26. The summed E-state index contributed by atoms with van der Waals surface area (Å²) in [6.07, 6.45) is 0.304. The van der Waals surface area contributed by atoms with Crippen molar-refractivity contribution in [2.24, 2.45) is 4.99 Å². The molecule has 21 heavy (non-hydrogen) atoms. The molecule has 1 aromatic carbocycles. The lowest BCUT2D eigenvalue weighted by Crippen LogP contribution is -2.48. The molecule has 1 aliphatic rings. The van der Waals surface area contributed by atoms with Gasteiger partial charge in [0.2, 0.25) is 0 Å². The van der Waals surface area contributed by atoms with Gasteiger partial charge < -0.3 is 14.4 Å². The summed E-state index contributed by atoms with van der Waals surface area (Å²) in [6.45, 7) is 3.98. The van der Waals surface area contributed by atoms with Gasteiger partial charge in [-0.2, -0.15) is 0 Å². The fourth-order valence-corrected chi connectivity index (χ4v) is 2.36. The number of nitrogens with zero attached hydrogens (tertiary/aromatic N) is 2. The van der Waals surface area contributed by atoms with E-state index in [0.29, 0.717) is 26.2 Å². The fraction of sp³-hybridized carbons (Fsp3) is 0.500. The van der Waals surface area contributed by atoms with E-state index in [9.17, 15) is 4.79 Å². The van der Waals surface area contributed by atoms with Crippen LogP contribution in [0.1, 0.15) is 18.9 Å². The Morgan fingerprint density at radius 3 is 2.81 bits per heavy atom. The van der Waals surface area contributed by atoms with Crippen molar-refractivity contribution in [3.63, 3.8) is 0 Å². The first-order chi connectivity index (χ1) is 10.2. The summed E-state index contributed by atoms with van der Waals surface area (Å²) in [4.78, 5) is 18.1. The monoisotopic (exact) mass is 290 g/mol. The number of carbonyl (C=O) groups excluding carboxylic acids is 1. The zero-order valence-electron chi connectivity index (χ0n) is 12.6. The number of hydrogen-bond acceptors (Lipinski definition) is 4. The molecule has 0 bridgehead atoms. The third-order valence-electron chi connectivity index (χ3n) is 3.51. The Morgan fingerprint density at radius 1 is 1.38 bits per heavy atom. The molecule has 2 rings (SSSR count). The van der Waals surface area contributed by atoms with Crippen molar-refractivity contribution in [1.82, 2.24) is 4.90 Å². The van der Waals surface area contributed by atoms with Crippen LogP contribution in [-0.2, 0) is 16.0 Å². The molecule has 1 heterocycles. The number of rotatable bonds is 4. The third-order valence-corrected chi connectivity index (χ3v) is 3.51. The van der Waals surface area contributed by atoms with Crippen molar-refractivity contribution in [1.29, 1.82) is 0 Å². The minimum Gasteiger partial charge on any atom is -0.450 e. The van der Waals surface area contributed by atoms with E-state index in [1.165, 1.54) is 5.56 Å². The van der Waals surface area contributed by atoms with E-state index >= 15 is 0 Å². The molecule has 0 radical (unpaired) electrons. The predicted molar refractivity (Wildman–Crippen MR) is 81.6 cm³/mol. The molecule has 0 N–H and O–H groups in total. The Morgan fingerprint density at radius 2 is 2.14 bits per heavy atom. The second kappa shape index (κ2) is 7.78. The van der Waals surface area contributed by atoms with Crippen LogP contribution < -0.4 is 0 Å². The van der Waals surface area contributed by atoms with Crippen molar-refractivity contribution in [3.8, 4) is 0 Å². The Bertz CT molecular complexity index is 488. The second-order valence-electron chi connectivity index (χ2n) is 4.91. The van der Waals surface area contributed by atoms with Crippen molar-refractivity contribution in [2.45, 2.75) is 26.0 Å². The molecule has 1 aliphatic heterocycles. The molecular formula is C16H22N2O3. The summed E-state index contributed by atoms with van der Waals surface area (Å²) >= 11 is 0. The van der Waals surface area contributed by atoms with Crippen LogP contribution in [0.2, 0.25) is 0 Å². The number of benzene rings is 1. The lowest BCUT2D eigenvalue weighted by Gasteiger charge is -2.32. The van der Waals surface area contributed by atoms with Gasteiger partial charge in [0, 0.05) is 25.8 Å². The van der Waals surface area contributed by atoms with Crippen LogP contribution in [-0.4, -0.2) is 49.6 Å². The van der Waals surface area contributed by atoms with E-state index in [4.69, 9.17) is 9.47 Å². The van der Waals surface area contributed by atoms with Crippen LogP contribution in [0.4, 0.5) is 4.79 Å². The van der Waals surface area contributed by atoms with Crippen molar-refractivity contribution in [3.05, 3.63) is 35.9 Å². The number of methoxy groups -OCH3 is 1. The maximum atomic E-state index is 11.8. The van der Waals surface area contributed by atoms with Gasteiger partial charge in [-0.1, -0.05) is 30.3 Å². The molecule has 114 valence electrons. The first-order valence-electron chi connectivity index (χ1n) is 7.26. The summed E-state index contributed by atoms with van der Waals surface area (Å²) in [7, 11) is 1.65. The largest absolute Gasteiger partial charge is 0.450 e. The van der Waals surface area contributed by atoms with Crippen LogP contribution >= 0.6 is 0 Å².